The van der Waals surface area contributed by atoms with E-state index in [-0.39, 0.29) is 5.54 Å². The lowest BCUT2D eigenvalue weighted by molar-refractivity contribution is -0.0719. The zero-order valence-electron chi connectivity index (χ0n) is 10.7. The highest BCUT2D eigenvalue weighted by atomic mass is 16.5. The van der Waals surface area contributed by atoms with Crippen LogP contribution in [0, 0.1) is 5.92 Å². The van der Waals surface area contributed by atoms with E-state index in [9.17, 15) is 0 Å². The molecule has 1 saturated heterocycles. The molecule has 94 valence electrons. The molecule has 0 bridgehead atoms. The third-order valence-corrected chi connectivity index (χ3v) is 4.56. The fourth-order valence-electron chi connectivity index (χ4n) is 3.34. The number of nitrogens with zero attached hydrogens (tertiary/aromatic N) is 1. The highest BCUT2D eigenvalue weighted by molar-refractivity contribution is 4.98. The van der Waals surface area contributed by atoms with Crippen molar-refractivity contribution in [2.45, 2.75) is 51.1 Å². The van der Waals surface area contributed by atoms with Gasteiger partial charge in [0.1, 0.15) is 0 Å². The Morgan fingerprint density at radius 2 is 2.00 bits per heavy atom. The van der Waals surface area contributed by atoms with E-state index < -0.39 is 0 Å². The average Bonchev–Trinajstić information content (AvgIpc) is 2.32. The molecule has 0 amide bonds. The molecule has 2 rings (SSSR count). The number of nitrogens with two attached hydrogens (primary N) is 1. The van der Waals surface area contributed by atoms with Crippen LogP contribution in [-0.4, -0.2) is 42.8 Å². The minimum Gasteiger partial charge on any atom is -0.379 e. The second-order valence-electron chi connectivity index (χ2n) is 5.73. The van der Waals surface area contributed by atoms with Crippen LogP contribution in [0.15, 0.2) is 0 Å². The van der Waals surface area contributed by atoms with E-state index >= 15 is 0 Å². The molecule has 1 atom stereocenters. The summed E-state index contributed by atoms with van der Waals surface area (Å²) in [5, 5.41) is 0. The van der Waals surface area contributed by atoms with E-state index in [1.807, 2.05) is 0 Å². The van der Waals surface area contributed by atoms with Crippen molar-refractivity contribution < 1.29 is 4.74 Å². The Kier molecular flexibility index (Phi) is 3.88. The zero-order chi connectivity index (χ0) is 11.6. The minimum atomic E-state index is 0.274. The highest BCUT2D eigenvalue weighted by Crippen LogP contribution is 2.37. The van der Waals surface area contributed by atoms with Crippen molar-refractivity contribution >= 4 is 0 Å². The molecule has 2 fully saturated rings. The molecule has 0 aromatic carbocycles. The van der Waals surface area contributed by atoms with Crippen LogP contribution in [-0.2, 0) is 4.74 Å². The normalized spacial score (nSPS) is 42.2. The lowest BCUT2D eigenvalue weighted by Crippen LogP contribution is -2.62. The van der Waals surface area contributed by atoms with Gasteiger partial charge in [-0.15, -0.1) is 0 Å². The van der Waals surface area contributed by atoms with Crippen molar-refractivity contribution in [1.29, 1.82) is 0 Å². The van der Waals surface area contributed by atoms with Gasteiger partial charge in [-0.3, -0.25) is 4.90 Å². The van der Waals surface area contributed by atoms with Gasteiger partial charge in [0.05, 0.1) is 13.2 Å². The van der Waals surface area contributed by atoms with Gasteiger partial charge >= 0.3 is 0 Å². The summed E-state index contributed by atoms with van der Waals surface area (Å²) in [5.41, 5.74) is 6.37. The Balaban J connectivity index is 2.07. The third kappa shape index (κ3) is 2.27. The monoisotopic (exact) mass is 226 g/mol. The van der Waals surface area contributed by atoms with Gasteiger partial charge in [-0.2, -0.15) is 0 Å². The van der Waals surface area contributed by atoms with Crippen LogP contribution < -0.4 is 5.73 Å². The molecule has 16 heavy (non-hydrogen) atoms. The Labute approximate surface area is 99.3 Å². The van der Waals surface area contributed by atoms with Crippen LogP contribution in [0.3, 0.4) is 0 Å². The maximum atomic E-state index is 6.09. The van der Waals surface area contributed by atoms with Crippen molar-refractivity contribution in [3.8, 4) is 0 Å². The van der Waals surface area contributed by atoms with E-state index in [1.54, 1.807) is 0 Å². The van der Waals surface area contributed by atoms with Crippen molar-refractivity contribution in [2.24, 2.45) is 11.7 Å². The van der Waals surface area contributed by atoms with Crippen molar-refractivity contribution in [3.63, 3.8) is 0 Å². The van der Waals surface area contributed by atoms with E-state index in [1.165, 1.54) is 25.7 Å². The van der Waals surface area contributed by atoms with E-state index in [0.29, 0.717) is 6.04 Å². The Hall–Kier alpha value is -0.120. The summed E-state index contributed by atoms with van der Waals surface area (Å²) in [5.74, 6) is 0.885. The quantitative estimate of drug-likeness (QED) is 0.777. The Bertz CT molecular complexity index is 224. The van der Waals surface area contributed by atoms with Gasteiger partial charge in [0.25, 0.3) is 0 Å². The molecule has 0 radical (unpaired) electrons. The second-order valence-corrected chi connectivity index (χ2v) is 5.73. The number of morpholine rings is 1. The number of rotatable bonds is 2. The van der Waals surface area contributed by atoms with Crippen LogP contribution >= 0.6 is 0 Å². The summed E-state index contributed by atoms with van der Waals surface area (Å²) in [4.78, 5) is 2.63. The number of ether oxygens (including phenoxy) is 1. The summed E-state index contributed by atoms with van der Waals surface area (Å²) in [7, 11) is 0. The molecule has 3 nitrogen and oxygen atoms in total. The highest BCUT2D eigenvalue weighted by Gasteiger charge is 2.41. The van der Waals surface area contributed by atoms with Crippen molar-refractivity contribution in [2.75, 3.05) is 26.3 Å². The van der Waals surface area contributed by atoms with E-state index in [0.717, 1.165) is 32.2 Å². The molecule has 1 aliphatic carbocycles. The maximum Gasteiger partial charge on any atom is 0.0620 e. The average molecular weight is 226 g/mol. The van der Waals surface area contributed by atoms with Crippen LogP contribution in [0.1, 0.15) is 39.5 Å². The van der Waals surface area contributed by atoms with Crippen LogP contribution in [0.2, 0.25) is 0 Å². The fourth-order valence-corrected chi connectivity index (χ4v) is 3.34. The maximum absolute atomic E-state index is 6.09. The molecule has 0 spiro atoms. The first-order valence-electron chi connectivity index (χ1n) is 6.72. The Morgan fingerprint density at radius 3 is 2.56 bits per heavy atom. The largest absolute Gasteiger partial charge is 0.379 e. The molecule has 0 aromatic heterocycles. The van der Waals surface area contributed by atoms with Crippen LogP contribution in [0.5, 0.6) is 0 Å². The van der Waals surface area contributed by atoms with Gasteiger partial charge in [0.15, 0.2) is 0 Å². The smallest absolute Gasteiger partial charge is 0.0620 e. The standard InChI is InChI=1S/C13H26N2O/c1-11-3-5-13(10-14,6-4-11)15-7-8-16-9-12(15)2/h11-12H,3-10,14H2,1-2H3. The molecule has 1 unspecified atom stereocenters. The molecule has 0 aromatic rings. The molecule has 1 saturated carbocycles. The number of hydrogen-bond donors (Lipinski definition) is 1. The Morgan fingerprint density at radius 1 is 1.31 bits per heavy atom. The van der Waals surface area contributed by atoms with Gasteiger partial charge in [0.2, 0.25) is 0 Å². The van der Waals surface area contributed by atoms with Gasteiger partial charge in [-0.05, 0) is 38.5 Å². The molecule has 2 N–H and O–H groups in total. The third-order valence-electron chi connectivity index (χ3n) is 4.56. The lowest BCUT2D eigenvalue weighted by atomic mass is 9.75. The van der Waals surface area contributed by atoms with Gasteiger partial charge in [-0.25, -0.2) is 0 Å². The first-order chi connectivity index (χ1) is 7.68. The predicted octanol–water partition coefficient (Wildman–Crippen LogP) is 1.61. The molecule has 3 heteroatoms. The number of hydrogen-bond acceptors (Lipinski definition) is 3. The van der Waals surface area contributed by atoms with Gasteiger partial charge in [-0.1, -0.05) is 6.92 Å². The molecule has 1 aliphatic heterocycles. The summed E-state index contributed by atoms with van der Waals surface area (Å²) >= 11 is 0. The minimum absolute atomic E-state index is 0.274. The van der Waals surface area contributed by atoms with Gasteiger partial charge in [0, 0.05) is 24.7 Å². The van der Waals surface area contributed by atoms with Gasteiger partial charge < -0.3 is 10.5 Å². The van der Waals surface area contributed by atoms with Crippen LogP contribution in [0.25, 0.3) is 0 Å². The van der Waals surface area contributed by atoms with E-state index in [2.05, 4.69) is 18.7 Å². The second kappa shape index (κ2) is 5.03. The van der Waals surface area contributed by atoms with Crippen molar-refractivity contribution in [1.82, 2.24) is 4.90 Å². The van der Waals surface area contributed by atoms with Crippen LogP contribution in [0.4, 0.5) is 0 Å². The molecular formula is C13H26N2O. The molecule has 1 heterocycles. The molecule has 2 aliphatic rings. The first kappa shape index (κ1) is 12.3. The first-order valence-corrected chi connectivity index (χ1v) is 6.72. The topological polar surface area (TPSA) is 38.5 Å². The SMILES string of the molecule is CC1CCC(CN)(N2CCOCC2C)CC1. The lowest BCUT2D eigenvalue weighted by Gasteiger charge is -2.51. The zero-order valence-corrected chi connectivity index (χ0v) is 10.7. The fraction of sp³-hybridized carbons (Fsp3) is 1.00. The summed E-state index contributed by atoms with van der Waals surface area (Å²) < 4.78 is 5.53. The van der Waals surface area contributed by atoms with E-state index in [4.69, 9.17) is 10.5 Å². The summed E-state index contributed by atoms with van der Waals surface area (Å²) in [6.07, 6.45) is 5.21. The predicted molar refractivity (Wildman–Crippen MR) is 66.4 cm³/mol. The summed E-state index contributed by atoms with van der Waals surface area (Å²) in [6.45, 7) is 8.26. The summed E-state index contributed by atoms with van der Waals surface area (Å²) in [6, 6.07) is 0.533. The van der Waals surface area contributed by atoms with Crippen molar-refractivity contribution in [3.05, 3.63) is 0 Å². The molecular weight excluding hydrogens is 200 g/mol.